The Morgan fingerprint density at radius 2 is 1.96 bits per heavy atom. The van der Waals surface area contributed by atoms with Crippen LogP contribution >= 0.6 is 11.3 Å². The number of ether oxygens (including phenoxy) is 1. The summed E-state index contributed by atoms with van der Waals surface area (Å²) < 4.78 is 20.9. The molecule has 1 saturated heterocycles. The first-order chi connectivity index (χ1) is 13.0. The van der Waals surface area contributed by atoms with Crippen LogP contribution in [0.25, 0.3) is 4.96 Å². The van der Waals surface area contributed by atoms with Gasteiger partial charge in [0.05, 0.1) is 0 Å². The fraction of sp³-hybridized carbons (Fsp3) is 0.474. The topological polar surface area (TPSA) is 64.1 Å². The molecule has 27 heavy (non-hydrogen) atoms. The molecule has 3 atom stereocenters. The zero-order valence-corrected chi connectivity index (χ0v) is 16.5. The number of rotatable bonds is 4. The average molecular weight is 391 g/mol. The lowest BCUT2D eigenvalue weighted by atomic mass is 10.0. The van der Waals surface area contributed by atoms with E-state index in [4.69, 9.17) is 4.74 Å². The van der Waals surface area contributed by atoms with Crippen LogP contribution in [0.15, 0.2) is 24.3 Å². The van der Waals surface area contributed by atoms with E-state index in [0.717, 1.165) is 23.5 Å². The monoisotopic (exact) mass is 391 g/mol. The van der Waals surface area contributed by atoms with Crippen molar-refractivity contribution >= 4 is 16.3 Å². The quantitative estimate of drug-likeness (QED) is 0.714. The van der Waals surface area contributed by atoms with Crippen LogP contribution in [-0.2, 0) is 11.2 Å². The standard InChI is InChI=1S/C19H23FN4O2S/c1-4-15-21-19-24(22-15)18(25)17(27-19)16(13-5-7-14(20)8-6-13)23-9-11(2)26-12(3)10-23/h5-8,11-12,16,25H,4,9-10H2,1-3H3/p+1/t11-,12-,16-/m1/s1. The smallest absolute Gasteiger partial charge is 0.235 e. The van der Waals surface area contributed by atoms with Crippen molar-refractivity contribution in [1.29, 1.82) is 0 Å². The van der Waals surface area contributed by atoms with E-state index in [1.807, 2.05) is 6.92 Å². The van der Waals surface area contributed by atoms with Crippen LogP contribution in [-0.4, -0.2) is 45.0 Å². The second-order valence-corrected chi connectivity index (χ2v) is 8.18. The molecule has 4 rings (SSSR count). The van der Waals surface area contributed by atoms with Gasteiger partial charge in [-0.25, -0.2) is 9.37 Å². The van der Waals surface area contributed by atoms with Gasteiger partial charge in [0.2, 0.25) is 10.8 Å². The molecule has 1 aromatic carbocycles. The third-order valence-corrected chi connectivity index (χ3v) is 6.08. The summed E-state index contributed by atoms with van der Waals surface area (Å²) in [7, 11) is 0. The minimum atomic E-state index is -0.268. The van der Waals surface area contributed by atoms with Crippen molar-refractivity contribution in [2.45, 2.75) is 45.4 Å². The van der Waals surface area contributed by atoms with Crippen LogP contribution in [0.4, 0.5) is 4.39 Å². The Balaban J connectivity index is 1.81. The molecule has 6 nitrogen and oxygen atoms in total. The first kappa shape index (κ1) is 18.3. The second kappa shape index (κ2) is 7.18. The first-order valence-electron chi connectivity index (χ1n) is 9.29. The number of thiazole rings is 1. The number of aromatic nitrogens is 3. The number of nitrogens with zero attached hydrogens (tertiary/aromatic N) is 3. The Labute approximate surface area is 161 Å². The Bertz CT molecular complexity index is 929. The number of hydrogen-bond donors (Lipinski definition) is 2. The van der Waals surface area contributed by atoms with E-state index in [1.165, 1.54) is 32.9 Å². The Hall–Kier alpha value is -2.03. The molecule has 0 amide bonds. The van der Waals surface area contributed by atoms with E-state index in [2.05, 4.69) is 23.9 Å². The number of aromatic hydroxyl groups is 1. The van der Waals surface area contributed by atoms with Gasteiger partial charge in [-0.1, -0.05) is 18.3 Å². The fourth-order valence-electron chi connectivity index (χ4n) is 3.91. The summed E-state index contributed by atoms with van der Waals surface area (Å²) in [6.45, 7) is 7.72. The molecule has 1 aliphatic rings. The minimum Gasteiger partial charge on any atom is -0.492 e. The molecular formula is C19H24FN4O2S+. The van der Waals surface area contributed by atoms with E-state index >= 15 is 0 Å². The molecule has 1 fully saturated rings. The molecule has 0 radical (unpaired) electrons. The van der Waals surface area contributed by atoms with Crippen molar-refractivity contribution in [1.82, 2.24) is 14.6 Å². The molecule has 8 heteroatoms. The number of aryl methyl sites for hydroxylation is 1. The normalized spacial score (nSPS) is 24.4. The summed E-state index contributed by atoms with van der Waals surface area (Å²) in [6.07, 6.45) is 0.944. The minimum absolute atomic E-state index is 0.114. The molecule has 3 heterocycles. The summed E-state index contributed by atoms with van der Waals surface area (Å²) in [5.74, 6) is 0.564. The Kier molecular flexibility index (Phi) is 4.88. The van der Waals surface area contributed by atoms with E-state index in [1.54, 1.807) is 12.1 Å². The molecule has 2 N–H and O–H groups in total. The third-order valence-electron chi connectivity index (χ3n) is 5.00. The zero-order chi connectivity index (χ0) is 19.1. The van der Waals surface area contributed by atoms with Crippen LogP contribution < -0.4 is 4.90 Å². The van der Waals surface area contributed by atoms with Crippen molar-refractivity contribution in [2.24, 2.45) is 0 Å². The van der Waals surface area contributed by atoms with Crippen LogP contribution in [0.2, 0.25) is 0 Å². The lowest BCUT2D eigenvalue weighted by Crippen LogP contribution is -3.15. The lowest BCUT2D eigenvalue weighted by Gasteiger charge is -2.37. The van der Waals surface area contributed by atoms with Crippen LogP contribution in [0.3, 0.4) is 0 Å². The van der Waals surface area contributed by atoms with Gasteiger partial charge in [-0.15, -0.1) is 5.10 Å². The second-order valence-electron chi connectivity index (χ2n) is 7.17. The Morgan fingerprint density at radius 3 is 2.56 bits per heavy atom. The van der Waals surface area contributed by atoms with Gasteiger partial charge in [-0.05, 0) is 38.1 Å². The van der Waals surface area contributed by atoms with Crippen LogP contribution in [0, 0.1) is 5.82 Å². The summed E-state index contributed by atoms with van der Waals surface area (Å²) in [5, 5.41) is 15.3. The predicted molar refractivity (Wildman–Crippen MR) is 101 cm³/mol. The molecule has 0 unspecified atom stereocenters. The molecular weight excluding hydrogens is 367 g/mol. The number of quaternary nitrogens is 1. The van der Waals surface area contributed by atoms with Crippen molar-refractivity contribution < 1.29 is 19.1 Å². The first-order valence-corrected chi connectivity index (χ1v) is 10.1. The molecule has 0 spiro atoms. The summed E-state index contributed by atoms with van der Waals surface area (Å²) in [5.41, 5.74) is 0.961. The van der Waals surface area contributed by atoms with Gasteiger partial charge >= 0.3 is 0 Å². The maximum atomic E-state index is 13.5. The molecule has 144 valence electrons. The molecule has 0 bridgehead atoms. The van der Waals surface area contributed by atoms with E-state index < -0.39 is 0 Å². The number of morpholine rings is 1. The van der Waals surface area contributed by atoms with Gasteiger partial charge in [0, 0.05) is 12.0 Å². The van der Waals surface area contributed by atoms with E-state index in [9.17, 15) is 9.50 Å². The molecule has 2 aromatic heterocycles. The highest BCUT2D eigenvalue weighted by molar-refractivity contribution is 7.17. The van der Waals surface area contributed by atoms with Gasteiger partial charge in [-0.2, -0.15) is 4.52 Å². The summed E-state index contributed by atoms with van der Waals surface area (Å²) in [4.78, 5) is 7.26. The highest BCUT2D eigenvalue weighted by Crippen LogP contribution is 2.35. The van der Waals surface area contributed by atoms with Gasteiger partial charge in [0.25, 0.3) is 0 Å². The largest absolute Gasteiger partial charge is 0.492 e. The number of halogens is 1. The highest BCUT2D eigenvalue weighted by atomic mass is 32.1. The van der Waals surface area contributed by atoms with E-state index in [0.29, 0.717) is 17.2 Å². The zero-order valence-electron chi connectivity index (χ0n) is 15.6. The average Bonchev–Trinajstić information content (AvgIpc) is 3.16. The number of hydrogen-bond acceptors (Lipinski definition) is 5. The van der Waals surface area contributed by atoms with Gasteiger partial charge in [-0.3, -0.25) is 0 Å². The van der Waals surface area contributed by atoms with Crippen molar-refractivity contribution in [3.8, 4) is 5.88 Å². The SMILES string of the molecule is CCc1nc2sc([C@@H](c3ccc(F)cc3)[NH+]3C[C@@H](C)O[C@H](C)C3)c(O)n2n1. The number of fused-ring (bicyclic) bond motifs is 1. The van der Waals surface area contributed by atoms with Crippen molar-refractivity contribution in [2.75, 3.05) is 13.1 Å². The van der Waals surface area contributed by atoms with E-state index in [-0.39, 0.29) is 29.9 Å². The predicted octanol–water partition coefficient (Wildman–Crippen LogP) is 1.98. The van der Waals surface area contributed by atoms with Gasteiger partial charge in [0.15, 0.2) is 11.9 Å². The number of benzene rings is 1. The molecule has 3 aromatic rings. The molecule has 0 aliphatic carbocycles. The molecule has 1 aliphatic heterocycles. The van der Waals surface area contributed by atoms with Gasteiger partial charge < -0.3 is 14.7 Å². The third kappa shape index (κ3) is 3.44. The fourth-order valence-corrected chi connectivity index (χ4v) is 5.07. The summed E-state index contributed by atoms with van der Waals surface area (Å²) >= 11 is 1.45. The number of nitrogens with one attached hydrogen (secondary N) is 1. The maximum Gasteiger partial charge on any atom is 0.235 e. The summed E-state index contributed by atoms with van der Waals surface area (Å²) in [6, 6.07) is 6.41. The lowest BCUT2D eigenvalue weighted by molar-refractivity contribution is -0.939. The highest BCUT2D eigenvalue weighted by Gasteiger charge is 2.37. The van der Waals surface area contributed by atoms with Crippen molar-refractivity contribution in [3.63, 3.8) is 0 Å². The van der Waals surface area contributed by atoms with Crippen LogP contribution in [0.1, 0.15) is 43.1 Å². The Morgan fingerprint density at radius 1 is 1.30 bits per heavy atom. The maximum absolute atomic E-state index is 13.5. The van der Waals surface area contributed by atoms with Crippen molar-refractivity contribution in [3.05, 3.63) is 46.3 Å². The van der Waals surface area contributed by atoms with Crippen LogP contribution in [0.5, 0.6) is 5.88 Å². The van der Waals surface area contributed by atoms with Gasteiger partial charge in [0.1, 0.15) is 36.0 Å². The molecule has 0 saturated carbocycles.